The second kappa shape index (κ2) is 8.62. The molecule has 0 bridgehead atoms. The first-order valence-corrected chi connectivity index (χ1v) is 11.9. The van der Waals surface area contributed by atoms with Gasteiger partial charge >= 0.3 is 0 Å². The van der Waals surface area contributed by atoms with Crippen molar-refractivity contribution in [1.29, 1.82) is 0 Å². The second-order valence-electron chi connectivity index (χ2n) is 8.12. The summed E-state index contributed by atoms with van der Waals surface area (Å²) in [5.41, 5.74) is 4.84. The molecule has 1 amide bonds. The quantitative estimate of drug-likeness (QED) is 0.370. The highest BCUT2D eigenvalue weighted by Gasteiger charge is 2.29. The number of rotatable bonds is 4. The summed E-state index contributed by atoms with van der Waals surface area (Å²) in [6, 6.07) is 14.1. The van der Waals surface area contributed by atoms with Crippen LogP contribution in [0.1, 0.15) is 27.4 Å². The Morgan fingerprint density at radius 3 is 2.47 bits per heavy atom. The van der Waals surface area contributed by atoms with E-state index >= 15 is 0 Å². The van der Waals surface area contributed by atoms with Gasteiger partial charge in [0, 0.05) is 32.9 Å². The molecular formula is C25H22ClN5O2S. The predicted octanol–water partition coefficient (Wildman–Crippen LogP) is 5.46. The Labute approximate surface area is 205 Å². The van der Waals surface area contributed by atoms with E-state index in [9.17, 15) is 9.90 Å². The van der Waals surface area contributed by atoms with Crippen molar-refractivity contribution in [2.24, 2.45) is 0 Å². The van der Waals surface area contributed by atoms with Gasteiger partial charge in [0.05, 0.1) is 0 Å². The summed E-state index contributed by atoms with van der Waals surface area (Å²) in [7, 11) is 0. The Balaban J connectivity index is 1.61. The fourth-order valence-corrected chi connectivity index (χ4v) is 5.34. The first kappa shape index (κ1) is 22.2. The molecule has 2 N–H and O–H groups in total. The van der Waals surface area contributed by atoms with Crippen LogP contribution in [0.4, 0.5) is 11.6 Å². The summed E-state index contributed by atoms with van der Waals surface area (Å²) in [5.74, 6) is 1.24. The molecule has 7 nitrogen and oxygen atoms in total. The number of aromatic hydroxyl groups is 1. The number of fused-ring (bicyclic) bond motifs is 3. The van der Waals surface area contributed by atoms with Crippen molar-refractivity contribution in [3.05, 3.63) is 87.1 Å². The summed E-state index contributed by atoms with van der Waals surface area (Å²) >= 11 is 7.84. The molecule has 0 saturated heterocycles. The number of hydrogen-bond donors (Lipinski definition) is 2. The van der Waals surface area contributed by atoms with Crippen molar-refractivity contribution >= 4 is 46.1 Å². The maximum absolute atomic E-state index is 13.0. The number of phenolic OH excluding ortho intramolecular Hbond substituents is 1. The number of hydrogen-bond acceptors (Lipinski definition) is 6. The monoisotopic (exact) mass is 491 g/mol. The van der Waals surface area contributed by atoms with Crippen LogP contribution < -0.4 is 10.2 Å². The smallest absolute Gasteiger partial charge is 0.244 e. The first-order valence-electron chi connectivity index (χ1n) is 10.7. The molecule has 0 fully saturated rings. The minimum Gasteiger partial charge on any atom is -0.508 e. The zero-order valence-electron chi connectivity index (χ0n) is 18.8. The number of anilines is 2. The molecule has 0 aliphatic carbocycles. The van der Waals surface area contributed by atoms with Crippen molar-refractivity contribution in [3.8, 4) is 10.8 Å². The number of aromatic nitrogens is 3. The van der Waals surface area contributed by atoms with Crippen molar-refractivity contribution in [2.75, 3.05) is 16.8 Å². The normalized spacial score (nSPS) is 12.6. The molecule has 2 aromatic carbocycles. The molecule has 3 heterocycles. The van der Waals surface area contributed by atoms with Crippen LogP contribution in [0, 0.1) is 20.8 Å². The molecule has 172 valence electrons. The second-order valence-corrected chi connectivity index (χ2v) is 9.76. The predicted molar refractivity (Wildman–Crippen MR) is 136 cm³/mol. The maximum Gasteiger partial charge on any atom is 0.244 e. The fourth-order valence-electron chi connectivity index (χ4n) is 4.00. The summed E-state index contributed by atoms with van der Waals surface area (Å²) in [6.45, 7) is 6.16. The molecule has 34 heavy (non-hydrogen) atoms. The lowest BCUT2D eigenvalue weighted by atomic mass is 9.96. The minimum absolute atomic E-state index is 0.0308. The molecule has 2 aromatic heterocycles. The number of thiophene rings is 1. The van der Waals surface area contributed by atoms with Gasteiger partial charge in [-0.3, -0.25) is 9.36 Å². The number of nitrogens with zero attached hydrogens (tertiary/aromatic N) is 4. The molecule has 0 radical (unpaired) electrons. The molecule has 1 aliphatic rings. The third kappa shape index (κ3) is 3.95. The molecule has 0 spiro atoms. The summed E-state index contributed by atoms with van der Waals surface area (Å²) in [6.07, 6.45) is 1.96. The van der Waals surface area contributed by atoms with Crippen LogP contribution >= 0.6 is 22.9 Å². The van der Waals surface area contributed by atoms with Gasteiger partial charge in [-0.15, -0.1) is 21.5 Å². The van der Waals surface area contributed by atoms with Crippen molar-refractivity contribution < 1.29 is 9.90 Å². The zero-order chi connectivity index (χ0) is 24.0. The summed E-state index contributed by atoms with van der Waals surface area (Å²) in [5, 5.41) is 22.8. The number of benzene rings is 2. The highest BCUT2D eigenvalue weighted by Crippen LogP contribution is 2.43. The lowest BCUT2D eigenvalue weighted by molar-refractivity contribution is -0.114. The molecule has 1 aliphatic heterocycles. The third-order valence-electron chi connectivity index (χ3n) is 5.81. The van der Waals surface area contributed by atoms with E-state index in [0.29, 0.717) is 16.7 Å². The molecule has 9 heteroatoms. The van der Waals surface area contributed by atoms with E-state index in [2.05, 4.69) is 29.4 Å². The van der Waals surface area contributed by atoms with Crippen molar-refractivity contribution in [2.45, 2.75) is 20.8 Å². The lowest BCUT2D eigenvalue weighted by Gasteiger charge is -2.19. The van der Waals surface area contributed by atoms with Crippen LogP contribution in [0.2, 0.25) is 5.02 Å². The van der Waals surface area contributed by atoms with Gasteiger partial charge in [-0.1, -0.05) is 23.7 Å². The Hall–Kier alpha value is -3.62. The van der Waals surface area contributed by atoms with Crippen molar-refractivity contribution in [1.82, 2.24) is 14.8 Å². The number of amides is 1. The Bertz CT molecular complexity index is 1420. The van der Waals surface area contributed by atoms with Gasteiger partial charge < -0.3 is 15.3 Å². The molecule has 4 aromatic rings. The first-order chi connectivity index (χ1) is 16.3. The van der Waals surface area contributed by atoms with Crippen LogP contribution in [0.3, 0.4) is 0 Å². The van der Waals surface area contributed by atoms with Crippen LogP contribution in [-0.4, -0.2) is 32.3 Å². The van der Waals surface area contributed by atoms with Crippen LogP contribution in [0.25, 0.3) is 10.6 Å². The van der Waals surface area contributed by atoms with E-state index < -0.39 is 0 Å². The third-order valence-corrected chi connectivity index (χ3v) is 7.25. The van der Waals surface area contributed by atoms with Gasteiger partial charge in [0.25, 0.3) is 0 Å². The fraction of sp³-hybridized carbons (Fsp3) is 0.160. The number of halogens is 1. The van der Waals surface area contributed by atoms with Crippen LogP contribution in [-0.2, 0) is 4.79 Å². The van der Waals surface area contributed by atoms with E-state index in [1.807, 2.05) is 46.9 Å². The maximum atomic E-state index is 13.0. The van der Waals surface area contributed by atoms with E-state index in [1.54, 1.807) is 23.5 Å². The average molecular weight is 492 g/mol. The number of nitrogens with one attached hydrogen (secondary N) is 1. The molecule has 5 rings (SSSR count). The van der Waals surface area contributed by atoms with Crippen molar-refractivity contribution in [3.63, 3.8) is 0 Å². The Morgan fingerprint density at radius 1 is 1.06 bits per heavy atom. The van der Waals surface area contributed by atoms with E-state index in [-0.39, 0.29) is 18.2 Å². The number of carbonyl (C=O) groups excluding carboxylic acids is 1. The number of phenols is 1. The van der Waals surface area contributed by atoms with Gasteiger partial charge in [-0.25, -0.2) is 0 Å². The SMILES string of the molecule is Cc1sc2c(c1C)C(c1ccc(Cl)cc1)=CN(CC(=O)Nc1ccc(O)cc1)c1nnc(C)n1-2. The van der Waals surface area contributed by atoms with Gasteiger partial charge in [0.1, 0.15) is 23.1 Å². The number of aryl methyl sites for hydroxylation is 2. The molecule has 0 saturated carbocycles. The molecular weight excluding hydrogens is 470 g/mol. The standard InChI is InChI=1S/C25H22ClN5O2S/c1-14-15(2)34-24-23(14)21(17-4-6-18(26)7-5-17)12-30(25-29-28-16(3)31(24)25)13-22(33)27-19-8-10-20(32)11-9-19/h4-12,32H,13H2,1-3H3,(H,27,33). The largest absolute Gasteiger partial charge is 0.508 e. The van der Waals surface area contributed by atoms with Gasteiger partial charge in [-0.2, -0.15) is 0 Å². The average Bonchev–Trinajstić information content (AvgIpc) is 3.28. The highest BCUT2D eigenvalue weighted by molar-refractivity contribution is 7.15. The Morgan fingerprint density at radius 2 is 1.76 bits per heavy atom. The number of carbonyl (C=O) groups is 1. The van der Waals surface area contributed by atoms with Gasteiger partial charge in [-0.05, 0) is 68.3 Å². The van der Waals surface area contributed by atoms with E-state index in [0.717, 1.165) is 27.5 Å². The Kier molecular flexibility index (Phi) is 5.63. The van der Waals surface area contributed by atoms with Crippen LogP contribution in [0.5, 0.6) is 5.75 Å². The molecule has 0 unspecified atom stereocenters. The zero-order valence-corrected chi connectivity index (χ0v) is 20.4. The molecule has 0 atom stereocenters. The lowest BCUT2D eigenvalue weighted by Crippen LogP contribution is -2.31. The summed E-state index contributed by atoms with van der Waals surface area (Å²) < 4.78 is 2.01. The van der Waals surface area contributed by atoms with Crippen LogP contribution in [0.15, 0.2) is 54.7 Å². The topological polar surface area (TPSA) is 83.3 Å². The van der Waals surface area contributed by atoms with E-state index in [4.69, 9.17) is 11.6 Å². The minimum atomic E-state index is -0.220. The van der Waals surface area contributed by atoms with E-state index in [1.165, 1.54) is 22.6 Å². The highest BCUT2D eigenvalue weighted by atomic mass is 35.5. The van der Waals surface area contributed by atoms with Gasteiger partial charge in [0.2, 0.25) is 11.9 Å². The van der Waals surface area contributed by atoms with Gasteiger partial charge in [0.15, 0.2) is 0 Å². The summed E-state index contributed by atoms with van der Waals surface area (Å²) in [4.78, 5) is 16.0.